The normalized spacial score (nSPS) is 23.0. The van der Waals surface area contributed by atoms with Crippen molar-refractivity contribution in [1.82, 2.24) is 4.90 Å². The summed E-state index contributed by atoms with van der Waals surface area (Å²) in [4.78, 5) is 14.1. The highest BCUT2D eigenvalue weighted by Crippen LogP contribution is 2.50. The molecule has 1 saturated carbocycles. The van der Waals surface area contributed by atoms with Crippen LogP contribution in [0.15, 0.2) is 54.6 Å². The summed E-state index contributed by atoms with van der Waals surface area (Å²) in [6, 6.07) is 16.6. The maximum atomic E-state index is 12.9. The van der Waals surface area contributed by atoms with Gasteiger partial charge in [-0.3, -0.25) is 4.79 Å². The van der Waals surface area contributed by atoms with Gasteiger partial charge in [-0.15, -0.1) is 0 Å². The van der Waals surface area contributed by atoms with Crippen molar-refractivity contribution in [2.75, 3.05) is 13.1 Å². The summed E-state index contributed by atoms with van der Waals surface area (Å²) in [6.07, 6.45) is 3.79. The van der Waals surface area contributed by atoms with Gasteiger partial charge in [0.2, 0.25) is 0 Å². The van der Waals surface area contributed by atoms with E-state index in [0.29, 0.717) is 11.5 Å². The van der Waals surface area contributed by atoms with Crippen LogP contribution in [0.3, 0.4) is 0 Å². The molecule has 1 heterocycles. The van der Waals surface area contributed by atoms with Gasteiger partial charge in [-0.1, -0.05) is 30.3 Å². The number of carbonyl (C=O) groups is 1. The smallest absolute Gasteiger partial charge is 0.253 e. The summed E-state index contributed by atoms with van der Waals surface area (Å²) in [7, 11) is 0. The lowest BCUT2D eigenvalue weighted by atomic mass is 9.92. The zero-order valence-corrected chi connectivity index (χ0v) is 13.7. The molecule has 0 N–H and O–H groups in total. The Morgan fingerprint density at radius 2 is 1.71 bits per heavy atom. The Hall–Kier alpha value is -2.16. The molecule has 1 aliphatic heterocycles. The second-order valence-corrected chi connectivity index (χ2v) is 7.17. The van der Waals surface area contributed by atoms with E-state index in [4.69, 9.17) is 0 Å². The molecule has 0 spiro atoms. The van der Waals surface area contributed by atoms with Crippen molar-refractivity contribution in [2.45, 2.75) is 25.2 Å². The fourth-order valence-electron chi connectivity index (χ4n) is 3.82. The third kappa shape index (κ3) is 3.21. The van der Waals surface area contributed by atoms with Gasteiger partial charge in [-0.05, 0) is 66.8 Å². The summed E-state index contributed by atoms with van der Waals surface area (Å²) in [6.45, 7) is 1.69. The van der Waals surface area contributed by atoms with E-state index in [1.54, 1.807) is 12.1 Å². The van der Waals surface area contributed by atoms with Crippen LogP contribution in [0.1, 0.15) is 41.1 Å². The van der Waals surface area contributed by atoms with Crippen molar-refractivity contribution in [3.05, 3.63) is 71.5 Å². The highest BCUT2D eigenvalue weighted by atomic mass is 19.1. The second kappa shape index (κ2) is 6.39. The second-order valence-electron chi connectivity index (χ2n) is 7.17. The van der Waals surface area contributed by atoms with Crippen molar-refractivity contribution < 1.29 is 9.18 Å². The molecule has 0 bridgehead atoms. The lowest BCUT2D eigenvalue weighted by molar-refractivity contribution is 0.0479. The van der Waals surface area contributed by atoms with Crippen LogP contribution in [0, 0.1) is 17.7 Å². The van der Waals surface area contributed by atoms with Crippen LogP contribution in [-0.2, 0) is 0 Å². The van der Waals surface area contributed by atoms with Crippen molar-refractivity contribution in [2.24, 2.45) is 11.8 Å². The summed E-state index contributed by atoms with van der Waals surface area (Å²) < 4.78 is 12.9. The third-order valence-corrected chi connectivity index (χ3v) is 5.43. The number of amides is 1. The van der Waals surface area contributed by atoms with Crippen LogP contribution >= 0.6 is 0 Å². The van der Waals surface area contributed by atoms with Crippen LogP contribution in [0.5, 0.6) is 0 Å². The van der Waals surface area contributed by atoms with Crippen LogP contribution in [0.25, 0.3) is 0 Å². The van der Waals surface area contributed by atoms with Gasteiger partial charge in [-0.2, -0.15) is 0 Å². The minimum absolute atomic E-state index is 0.0276. The predicted octanol–water partition coefficient (Wildman–Crippen LogP) is 4.48. The first-order valence-electron chi connectivity index (χ1n) is 8.80. The molecule has 1 aliphatic carbocycles. The lowest BCUT2D eigenvalue weighted by Gasteiger charge is -2.39. The molecule has 24 heavy (non-hydrogen) atoms. The molecular formula is C21H22FNO. The molecule has 1 saturated heterocycles. The molecule has 0 radical (unpaired) electrons. The average Bonchev–Trinajstić information content (AvgIpc) is 3.34. The molecule has 0 aromatic heterocycles. The Morgan fingerprint density at radius 3 is 2.42 bits per heavy atom. The van der Waals surface area contributed by atoms with E-state index >= 15 is 0 Å². The van der Waals surface area contributed by atoms with E-state index in [2.05, 4.69) is 30.3 Å². The topological polar surface area (TPSA) is 20.3 Å². The zero-order valence-electron chi connectivity index (χ0n) is 13.7. The molecule has 1 amide bonds. The zero-order chi connectivity index (χ0) is 16.5. The lowest BCUT2D eigenvalue weighted by Crippen LogP contribution is -2.49. The molecule has 2 fully saturated rings. The minimum Gasteiger partial charge on any atom is -0.338 e. The number of carbonyl (C=O) groups excluding carboxylic acids is 1. The highest BCUT2D eigenvalue weighted by Gasteiger charge is 2.39. The highest BCUT2D eigenvalue weighted by molar-refractivity contribution is 5.94. The molecule has 2 atom stereocenters. The SMILES string of the molecule is O=C(c1ccc(F)cc1)N1CC(CCC2CC2c2ccccc2)C1. The van der Waals surface area contributed by atoms with Crippen molar-refractivity contribution in [1.29, 1.82) is 0 Å². The van der Waals surface area contributed by atoms with E-state index in [1.165, 1.54) is 37.0 Å². The van der Waals surface area contributed by atoms with Gasteiger partial charge in [0.15, 0.2) is 0 Å². The number of benzene rings is 2. The maximum absolute atomic E-state index is 12.9. The van der Waals surface area contributed by atoms with Gasteiger partial charge in [0, 0.05) is 18.7 Å². The van der Waals surface area contributed by atoms with Crippen molar-refractivity contribution >= 4 is 5.91 Å². The fourth-order valence-corrected chi connectivity index (χ4v) is 3.82. The Bertz CT molecular complexity index is 706. The standard InChI is InChI=1S/C21H22FNO/c22-19-10-8-17(9-11-19)21(24)23-13-15(14-23)6-7-18-12-20(18)16-4-2-1-3-5-16/h1-5,8-11,15,18,20H,6-7,12-14H2. The van der Waals surface area contributed by atoms with Gasteiger partial charge in [-0.25, -0.2) is 4.39 Å². The Balaban J connectivity index is 1.20. The number of rotatable bonds is 5. The number of halogens is 1. The summed E-state index contributed by atoms with van der Waals surface area (Å²) in [5, 5.41) is 0. The quantitative estimate of drug-likeness (QED) is 0.794. The largest absolute Gasteiger partial charge is 0.338 e. The first-order valence-corrected chi connectivity index (χ1v) is 8.80. The van der Waals surface area contributed by atoms with E-state index in [-0.39, 0.29) is 11.7 Å². The van der Waals surface area contributed by atoms with Crippen LogP contribution in [-0.4, -0.2) is 23.9 Å². The molecule has 2 aliphatic rings. The van der Waals surface area contributed by atoms with E-state index in [0.717, 1.165) is 24.9 Å². The number of nitrogens with zero attached hydrogens (tertiary/aromatic N) is 1. The molecule has 2 aromatic rings. The van der Waals surface area contributed by atoms with Crippen LogP contribution in [0.4, 0.5) is 4.39 Å². The van der Waals surface area contributed by atoms with E-state index in [9.17, 15) is 9.18 Å². The first-order chi connectivity index (χ1) is 11.7. The number of hydrogen-bond donors (Lipinski definition) is 0. The van der Waals surface area contributed by atoms with Crippen LogP contribution < -0.4 is 0 Å². The van der Waals surface area contributed by atoms with Gasteiger partial charge in [0.25, 0.3) is 5.91 Å². The van der Waals surface area contributed by atoms with Crippen molar-refractivity contribution in [3.63, 3.8) is 0 Å². The molecule has 124 valence electrons. The summed E-state index contributed by atoms with van der Waals surface area (Å²) in [5.74, 6) is 1.94. The van der Waals surface area contributed by atoms with Gasteiger partial charge in [0.05, 0.1) is 0 Å². The van der Waals surface area contributed by atoms with Crippen LogP contribution in [0.2, 0.25) is 0 Å². The van der Waals surface area contributed by atoms with Gasteiger partial charge >= 0.3 is 0 Å². The molecule has 2 aromatic carbocycles. The van der Waals surface area contributed by atoms with E-state index < -0.39 is 0 Å². The summed E-state index contributed by atoms with van der Waals surface area (Å²) in [5.41, 5.74) is 2.06. The Morgan fingerprint density at radius 1 is 1.00 bits per heavy atom. The molecule has 2 unspecified atom stereocenters. The fraction of sp³-hybridized carbons (Fsp3) is 0.381. The molecule has 3 heteroatoms. The average molecular weight is 323 g/mol. The monoisotopic (exact) mass is 323 g/mol. The Kier molecular flexibility index (Phi) is 4.09. The first kappa shape index (κ1) is 15.4. The summed E-state index contributed by atoms with van der Waals surface area (Å²) >= 11 is 0. The van der Waals surface area contributed by atoms with E-state index in [1.807, 2.05) is 4.90 Å². The number of likely N-dealkylation sites (tertiary alicyclic amines) is 1. The van der Waals surface area contributed by atoms with Gasteiger partial charge < -0.3 is 4.90 Å². The minimum atomic E-state index is -0.301. The third-order valence-electron chi connectivity index (χ3n) is 5.43. The Labute approximate surface area is 142 Å². The van der Waals surface area contributed by atoms with Gasteiger partial charge in [0.1, 0.15) is 5.82 Å². The molecular weight excluding hydrogens is 301 g/mol. The maximum Gasteiger partial charge on any atom is 0.253 e. The molecule has 4 rings (SSSR count). The van der Waals surface area contributed by atoms with Crippen molar-refractivity contribution in [3.8, 4) is 0 Å². The molecule has 2 nitrogen and oxygen atoms in total. The predicted molar refractivity (Wildman–Crippen MR) is 92.3 cm³/mol. The number of hydrogen-bond acceptors (Lipinski definition) is 1.